The Labute approximate surface area is 181 Å². The lowest BCUT2D eigenvalue weighted by atomic mass is 9.77. The molecular formula is C24H26N2O5. The van der Waals surface area contributed by atoms with E-state index in [1.807, 2.05) is 36.4 Å². The van der Waals surface area contributed by atoms with Crippen molar-refractivity contribution < 1.29 is 23.8 Å². The summed E-state index contributed by atoms with van der Waals surface area (Å²) < 4.78 is 16.1. The molecule has 0 saturated carbocycles. The highest BCUT2D eigenvalue weighted by molar-refractivity contribution is 6.06. The summed E-state index contributed by atoms with van der Waals surface area (Å²) in [6, 6.07) is 14.9. The number of carbonyl (C=O) groups is 2. The van der Waals surface area contributed by atoms with Crippen molar-refractivity contribution in [3.05, 3.63) is 77.3 Å². The van der Waals surface area contributed by atoms with Gasteiger partial charge >= 0.3 is 11.9 Å². The SMILES string of the molecule is COC(=O)C1C(C)=NC(C)=C(C(=O)OCC(OC)c2ccccc2)C1c1ccccn1. The number of hydrogen-bond donors (Lipinski definition) is 0. The van der Waals surface area contributed by atoms with Crippen LogP contribution in [0.25, 0.3) is 0 Å². The fourth-order valence-electron chi connectivity index (χ4n) is 3.81. The first-order valence-electron chi connectivity index (χ1n) is 9.97. The second-order valence-electron chi connectivity index (χ2n) is 7.22. The van der Waals surface area contributed by atoms with E-state index in [1.165, 1.54) is 7.11 Å². The minimum atomic E-state index is -0.765. The zero-order valence-corrected chi connectivity index (χ0v) is 18.1. The van der Waals surface area contributed by atoms with Gasteiger partial charge in [-0.05, 0) is 31.5 Å². The molecule has 3 atom stereocenters. The molecule has 3 unspecified atom stereocenters. The molecule has 0 aliphatic carbocycles. The van der Waals surface area contributed by atoms with Gasteiger partial charge in [0.15, 0.2) is 0 Å². The molecule has 1 aliphatic rings. The maximum absolute atomic E-state index is 13.2. The molecule has 1 aliphatic heterocycles. The van der Waals surface area contributed by atoms with E-state index in [4.69, 9.17) is 14.2 Å². The van der Waals surface area contributed by atoms with E-state index in [-0.39, 0.29) is 6.61 Å². The van der Waals surface area contributed by atoms with Crippen LogP contribution < -0.4 is 0 Å². The van der Waals surface area contributed by atoms with Crippen LogP contribution in [0.15, 0.2) is 71.0 Å². The first-order valence-corrected chi connectivity index (χ1v) is 9.97. The Bertz CT molecular complexity index is 986. The van der Waals surface area contributed by atoms with E-state index in [0.717, 1.165) is 5.56 Å². The molecule has 1 aromatic carbocycles. The highest BCUT2D eigenvalue weighted by Gasteiger charge is 2.43. The molecule has 3 rings (SSSR count). The Balaban J connectivity index is 1.92. The number of ether oxygens (including phenoxy) is 3. The Morgan fingerprint density at radius 3 is 2.35 bits per heavy atom. The molecule has 2 aromatic rings. The second kappa shape index (κ2) is 10.1. The zero-order valence-electron chi connectivity index (χ0n) is 18.1. The number of aromatic nitrogens is 1. The van der Waals surface area contributed by atoms with E-state index in [9.17, 15) is 9.59 Å². The number of rotatable bonds is 7. The number of carbonyl (C=O) groups excluding carboxylic acids is 2. The number of methoxy groups -OCH3 is 2. The lowest BCUT2D eigenvalue weighted by Gasteiger charge is -2.30. The van der Waals surface area contributed by atoms with Gasteiger partial charge in [-0.25, -0.2) is 4.79 Å². The van der Waals surface area contributed by atoms with Gasteiger partial charge in [-0.1, -0.05) is 36.4 Å². The molecule has 0 spiro atoms. The normalized spacial score (nSPS) is 19.4. The number of esters is 2. The van der Waals surface area contributed by atoms with Crippen LogP contribution in [0.1, 0.15) is 37.1 Å². The number of nitrogens with zero attached hydrogens (tertiary/aromatic N) is 2. The van der Waals surface area contributed by atoms with Crippen molar-refractivity contribution in [1.82, 2.24) is 4.98 Å². The Morgan fingerprint density at radius 1 is 1.03 bits per heavy atom. The minimum absolute atomic E-state index is 0.0245. The van der Waals surface area contributed by atoms with Crippen LogP contribution in [0.2, 0.25) is 0 Å². The van der Waals surface area contributed by atoms with Gasteiger partial charge < -0.3 is 14.2 Å². The van der Waals surface area contributed by atoms with E-state index in [1.54, 1.807) is 39.3 Å². The van der Waals surface area contributed by atoms with Crippen LogP contribution in [-0.2, 0) is 23.8 Å². The standard InChI is InChI=1S/C24H26N2O5/c1-15-20(23(27)30-4)22(18-12-8-9-13-25-18)21(16(2)26-15)24(28)31-14-19(29-3)17-10-6-5-7-11-17/h5-13,19-20,22H,14H2,1-4H3. The third-order valence-corrected chi connectivity index (χ3v) is 5.33. The van der Waals surface area contributed by atoms with Crippen LogP contribution in [0, 0.1) is 5.92 Å². The summed E-state index contributed by atoms with van der Waals surface area (Å²) in [5.74, 6) is -2.46. The fraction of sp³-hybridized carbons (Fsp3) is 0.333. The molecule has 162 valence electrons. The molecule has 0 radical (unpaired) electrons. The summed E-state index contributed by atoms with van der Waals surface area (Å²) in [5, 5.41) is 0. The molecule has 0 amide bonds. The molecule has 0 bridgehead atoms. The van der Waals surface area contributed by atoms with Gasteiger partial charge in [0.25, 0.3) is 0 Å². The van der Waals surface area contributed by atoms with E-state index < -0.39 is 29.9 Å². The topological polar surface area (TPSA) is 87.1 Å². The largest absolute Gasteiger partial charge is 0.468 e. The Hall–Kier alpha value is -3.32. The maximum atomic E-state index is 13.2. The third kappa shape index (κ3) is 4.88. The van der Waals surface area contributed by atoms with Gasteiger partial charge in [-0.2, -0.15) is 0 Å². The van der Waals surface area contributed by atoms with Gasteiger partial charge in [-0.15, -0.1) is 0 Å². The lowest BCUT2D eigenvalue weighted by molar-refractivity contribution is -0.145. The molecule has 2 heterocycles. The predicted molar refractivity (Wildman–Crippen MR) is 115 cm³/mol. The van der Waals surface area contributed by atoms with Crippen LogP contribution in [0.4, 0.5) is 0 Å². The van der Waals surface area contributed by atoms with Gasteiger partial charge in [0.1, 0.15) is 18.6 Å². The molecule has 0 saturated heterocycles. The minimum Gasteiger partial charge on any atom is -0.468 e. The van der Waals surface area contributed by atoms with Crippen LogP contribution in [-0.4, -0.2) is 43.5 Å². The summed E-state index contributed by atoms with van der Waals surface area (Å²) in [4.78, 5) is 34.7. The van der Waals surface area contributed by atoms with Crippen molar-refractivity contribution >= 4 is 17.7 Å². The van der Waals surface area contributed by atoms with Crippen LogP contribution >= 0.6 is 0 Å². The first-order chi connectivity index (χ1) is 15.0. The third-order valence-electron chi connectivity index (χ3n) is 5.33. The monoisotopic (exact) mass is 422 g/mol. The summed E-state index contributed by atoms with van der Waals surface area (Å²) >= 11 is 0. The van der Waals surface area contributed by atoms with Crippen molar-refractivity contribution in [3.63, 3.8) is 0 Å². The first kappa shape index (κ1) is 22.4. The number of benzene rings is 1. The molecule has 31 heavy (non-hydrogen) atoms. The average molecular weight is 422 g/mol. The molecule has 1 aromatic heterocycles. The van der Waals surface area contributed by atoms with Gasteiger partial charge in [0, 0.05) is 30.4 Å². The number of hydrogen-bond acceptors (Lipinski definition) is 7. The summed E-state index contributed by atoms with van der Waals surface area (Å²) in [5.41, 5.74) is 2.82. The van der Waals surface area contributed by atoms with Crippen molar-refractivity contribution in [2.24, 2.45) is 10.9 Å². The van der Waals surface area contributed by atoms with Crippen LogP contribution in [0.5, 0.6) is 0 Å². The zero-order chi connectivity index (χ0) is 22.4. The smallest absolute Gasteiger partial charge is 0.336 e. The number of pyridine rings is 1. The average Bonchev–Trinajstić information content (AvgIpc) is 2.79. The molecule has 0 N–H and O–H groups in total. The van der Waals surface area contributed by atoms with E-state index in [2.05, 4.69) is 9.98 Å². The summed E-state index contributed by atoms with van der Waals surface area (Å²) in [7, 11) is 2.88. The fourth-order valence-corrected chi connectivity index (χ4v) is 3.81. The van der Waals surface area contributed by atoms with Gasteiger partial charge in [-0.3, -0.25) is 14.8 Å². The molecule has 7 nitrogen and oxygen atoms in total. The number of aliphatic imine (C=N–C) groups is 1. The van der Waals surface area contributed by atoms with Gasteiger partial charge in [0.2, 0.25) is 0 Å². The Morgan fingerprint density at radius 2 is 1.74 bits per heavy atom. The highest BCUT2D eigenvalue weighted by Crippen LogP contribution is 2.39. The van der Waals surface area contributed by atoms with Crippen LogP contribution in [0.3, 0.4) is 0 Å². The van der Waals surface area contributed by atoms with Crippen molar-refractivity contribution in [2.75, 3.05) is 20.8 Å². The Kier molecular flexibility index (Phi) is 7.31. The van der Waals surface area contributed by atoms with Gasteiger partial charge in [0.05, 0.1) is 18.6 Å². The molecular weight excluding hydrogens is 396 g/mol. The van der Waals surface area contributed by atoms with E-state index >= 15 is 0 Å². The van der Waals surface area contributed by atoms with Crippen molar-refractivity contribution in [2.45, 2.75) is 25.9 Å². The molecule has 7 heteroatoms. The molecule has 0 fully saturated rings. The maximum Gasteiger partial charge on any atom is 0.336 e. The highest BCUT2D eigenvalue weighted by atomic mass is 16.6. The summed E-state index contributed by atoms with van der Waals surface area (Å²) in [6.45, 7) is 3.50. The number of allylic oxidation sites excluding steroid dienone is 1. The lowest BCUT2D eigenvalue weighted by Crippen LogP contribution is -2.36. The van der Waals surface area contributed by atoms with E-state index in [0.29, 0.717) is 22.7 Å². The van der Waals surface area contributed by atoms with Crippen molar-refractivity contribution in [3.8, 4) is 0 Å². The predicted octanol–water partition coefficient (Wildman–Crippen LogP) is 3.63. The van der Waals surface area contributed by atoms with Crippen molar-refractivity contribution in [1.29, 1.82) is 0 Å². The second-order valence-corrected chi connectivity index (χ2v) is 7.22. The summed E-state index contributed by atoms with van der Waals surface area (Å²) in [6.07, 6.45) is 1.21. The quantitative estimate of drug-likeness (QED) is 0.633.